The first-order valence-corrected chi connectivity index (χ1v) is 7.86. The summed E-state index contributed by atoms with van der Waals surface area (Å²) in [5.74, 6) is -0.849. The molecule has 26 heavy (non-hydrogen) atoms. The second kappa shape index (κ2) is 7.32. The van der Waals surface area contributed by atoms with Crippen LogP contribution in [0.4, 0.5) is 10.5 Å². The summed E-state index contributed by atoms with van der Waals surface area (Å²) in [4.78, 5) is 35.0. The van der Waals surface area contributed by atoms with E-state index in [-0.39, 0.29) is 21.8 Å². The molecule has 8 nitrogen and oxygen atoms in total. The van der Waals surface area contributed by atoms with Gasteiger partial charge in [0.15, 0.2) is 11.5 Å². The molecule has 0 bridgehead atoms. The number of carbonyl (C=O) groups is 3. The zero-order valence-electron chi connectivity index (χ0n) is 13.2. The van der Waals surface area contributed by atoms with Crippen molar-refractivity contribution >= 4 is 35.2 Å². The zero-order valence-corrected chi connectivity index (χ0v) is 14.0. The molecule has 0 spiro atoms. The highest BCUT2D eigenvalue weighted by Crippen LogP contribution is 2.30. The van der Waals surface area contributed by atoms with Crippen LogP contribution in [0.5, 0.6) is 11.5 Å². The lowest BCUT2D eigenvalue weighted by Gasteiger charge is -2.18. The first-order valence-electron chi connectivity index (χ1n) is 7.49. The van der Waals surface area contributed by atoms with Gasteiger partial charge in [0.2, 0.25) is 0 Å². The van der Waals surface area contributed by atoms with Crippen LogP contribution >= 0.6 is 11.6 Å². The lowest BCUT2D eigenvalue weighted by Crippen LogP contribution is -2.34. The first kappa shape index (κ1) is 17.6. The third-order valence-electron chi connectivity index (χ3n) is 3.49. The van der Waals surface area contributed by atoms with E-state index in [9.17, 15) is 14.4 Å². The Kier molecular flexibility index (Phi) is 4.94. The Bertz CT molecular complexity index is 899. The number of carbonyl (C=O) groups excluding carboxylic acids is 2. The van der Waals surface area contributed by atoms with Crippen LogP contribution in [0, 0.1) is 0 Å². The number of amides is 3. The normalized spacial score (nSPS) is 12.2. The fraction of sp³-hybridized carbons (Fsp3) is 0.118. The van der Waals surface area contributed by atoms with Gasteiger partial charge in [0.05, 0.1) is 10.6 Å². The number of hydrogen-bond acceptors (Lipinski definition) is 5. The molecule has 3 amide bonds. The molecule has 2 aromatic rings. The number of imide groups is 1. The maximum atomic E-state index is 12.2. The van der Waals surface area contributed by atoms with E-state index < -0.39 is 17.9 Å². The standard InChI is InChI=1S/C17H13ClN2O6/c18-12-8-10(2-3-11(12)16(22)23)19-17(24)20-15(21)9-1-4-13-14(7-9)26-6-5-25-13/h1-4,7-8H,5-6H2,(H,22,23)(H2,19,20,21,24). The van der Waals surface area contributed by atoms with Crippen molar-refractivity contribution in [3.8, 4) is 11.5 Å². The molecule has 1 heterocycles. The maximum Gasteiger partial charge on any atom is 0.337 e. The third-order valence-corrected chi connectivity index (χ3v) is 3.80. The Morgan fingerprint density at radius 3 is 2.42 bits per heavy atom. The van der Waals surface area contributed by atoms with E-state index in [2.05, 4.69) is 10.6 Å². The molecule has 1 aliphatic rings. The molecule has 9 heteroatoms. The largest absolute Gasteiger partial charge is 0.486 e. The van der Waals surface area contributed by atoms with E-state index in [4.69, 9.17) is 26.2 Å². The molecule has 3 N–H and O–H groups in total. The lowest BCUT2D eigenvalue weighted by molar-refractivity contribution is 0.0696. The van der Waals surface area contributed by atoms with Crippen molar-refractivity contribution in [3.05, 3.63) is 52.5 Å². The van der Waals surface area contributed by atoms with E-state index in [0.29, 0.717) is 24.7 Å². The molecule has 0 saturated heterocycles. The quantitative estimate of drug-likeness (QED) is 0.759. The zero-order chi connectivity index (χ0) is 18.7. The average molecular weight is 377 g/mol. The summed E-state index contributed by atoms with van der Waals surface area (Å²) < 4.78 is 10.8. The first-order chi connectivity index (χ1) is 12.4. The van der Waals surface area contributed by atoms with Gasteiger partial charge in [0, 0.05) is 11.3 Å². The van der Waals surface area contributed by atoms with Crippen molar-refractivity contribution in [3.63, 3.8) is 0 Å². The molecule has 0 aromatic heterocycles. The van der Waals surface area contributed by atoms with E-state index in [0.717, 1.165) is 0 Å². The number of halogens is 1. The maximum absolute atomic E-state index is 12.2. The summed E-state index contributed by atoms with van der Waals surface area (Å²) in [6, 6.07) is 7.69. The second-order valence-electron chi connectivity index (χ2n) is 5.27. The SMILES string of the molecule is O=C(NC(=O)c1ccc2c(c1)OCCO2)Nc1ccc(C(=O)O)c(Cl)c1. The molecule has 0 saturated carbocycles. The van der Waals surface area contributed by atoms with Crippen LogP contribution in [-0.4, -0.2) is 36.2 Å². The van der Waals surface area contributed by atoms with Crippen LogP contribution < -0.4 is 20.1 Å². The number of anilines is 1. The number of ether oxygens (including phenoxy) is 2. The van der Waals surface area contributed by atoms with Crippen LogP contribution in [-0.2, 0) is 0 Å². The number of rotatable bonds is 3. The number of benzene rings is 2. The number of carboxylic acids is 1. The number of urea groups is 1. The topological polar surface area (TPSA) is 114 Å². The van der Waals surface area contributed by atoms with Gasteiger partial charge >= 0.3 is 12.0 Å². The minimum absolute atomic E-state index is 0.0338. The Hall–Kier alpha value is -3.26. The van der Waals surface area contributed by atoms with Crippen LogP contribution in [0.1, 0.15) is 20.7 Å². The van der Waals surface area contributed by atoms with Gasteiger partial charge in [-0.05, 0) is 36.4 Å². The van der Waals surface area contributed by atoms with E-state index in [1.807, 2.05) is 0 Å². The minimum Gasteiger partial charge on any atom is -0.486 e. The summed E-state index contributed by atoms with van der Waals surface area (Å²) in [5.41, 5.74) is 0.376. The number of nitrogens with one attached hydrogen (secondary N) is 2. The number of hydrogen-bond donors (Lipinski definition) is 3. The Balaban J connectivity index is 1.65. The molecule has 1 aliphatic heterocycles. The number of fused-ring (bicyclic) bond motifs is 1. The van der Waals surface area contributed by atoms with Crippen molar-refractivity contribution in [1.82, 2.24) is 5.32 Å². The van der Waals surface area contributed by atoms with Gasteiger partial charge in [-0.1, -0.05) is 11.6 Å². The molecular weight excluding hydrogens is 364 g/mol. The predicted molar refractivity (Wildman–Crippen MR) is 92.3 cm³/mol. The molecule has 3 rings (SSSR count). The highest BCUT2D eigenvalue weighted by Gasteiger charge is 2.17. The van der Waals surface area contributed by atoms with E-state index in [1.54, 1.807) is 6.07 Å². The summed E-state index contributed by atoms with van der Waals surface area (Å²) in [6.45, 7) is 0.815. The highest BCUT2D eigenvalue weighted by molar-refractivity contribution is 6.33. The fourth-order valence-electron chi connectivity index (χ4n) is 2.29. The smallest absolute Gasteiger partial charge is 0.337 e. The molecule has 2 aromatic carbocycles. The van der Waals surface area contributed by atoms with Gasteiger partial charge in [-0.15, -0.1) is 0 Å². The fourth-order valence-corrected chi connectivity index (χ4v) is 2.55. The lowest BCUT2D eigenvalue weighted by atomic mass is 10.2. The van der Waals surface area contributed by atoms with E-state index in [1.165, 1.54) is 30.3 Å². The van der Waals surface area contributed by atoms with Crippen LogP contribution in [0.15, 0.2) is 36.4 Å². The van der Waals surface area contributed by atoms with Gasteiger partial charge in [0.25, 0.3) is 5.91 Å². The average Bonchev–Trinajstić information content (AvgIpc) is 2.60. The predicted octanol–water partition coefficient (Wildman–Crippen LogP) is 2.77. The van der Waals surface area contributed by atoms with Gasteiger partial charge in [-0.3, -0.25) is 10.1 Å². The van der Waals surface area contributed by atoms with Crippen molar-refractivity contribution in [2.45, 2.75) is 0 Å². The summed E-state index contributed by atoms with van der Waals surface area (Å²) in [5, 5.41) is 13.5. The van der Waals surface area contributed by atoms with Gasteiger partial charge in [0.1, 0.15) is 13.2 Å². The van der Waals surface area contributed by atoms with Crippen molar-refractivity contribution in [2.75, 3.05) is 18.5 Å². The summed E-state index contributed by atoms with van der Waals surface area (Å²) >= 11 is 5.83. The minimum atomic E-state index is -1.18. The molecule has 0 aliphatic carbocycles. The Morgan fingerprint density at radius 2 is 1.73 bits per heavy atom. The van der Waals surface area contributed by atoms with Crippen molar-refractivity contribution in [1.29, 1.82) is 0 Å². The molecule has 134 valence electrons. The monoisotopic (exact) mass is 376 g/mol. The van der Waals surface area contributed by atoms with E-state index >= 15 is 0 Å². The van der Waals surface area contributed by atoms with Gasteiger partial charge in [-0.25, -0.2) is 9.59 Å². The van der Waals surface area contributed by atoms with Crippen molar-refractivity contribution < 1.29 is 29.0 Å². The number of aromatic carboxylic acids is 1. The van der Waals surface area contributed by atoms with Gasteiger partial charge < -0.3 is 19.9 Å². The van der Waals surface area contributed by atoms with Crippen LogP contribution in [0.2, 0.25) is 5.02 Å². The van der Waals surface area contributed by atoms with Crippen LogP contribution in [0.3, 0.4) is 0 Å². The Morgan fingerprint density at radius 1 is 1.00 bits per heavy atom. The molecule has 0 radical (unpaired) electrons. The molecule has 0 fully saturated rings. The van der Waals surface area contributed by atoms with Crippen molar-refractivity contribution in [2.24, 2.45) is 0 Å². The second-order valence-corrected chi connectivity index (χ2v) is 5.67. The summed E-state index contributed by atoms with van der Waals surface area (Å²) in [6.07, 6.45) is 0. The summed E-state index contributed by atoms with van der Waals surface area (Å²) in [7, 11) is 0. The number of carboxylic acid groups (broad SMARTS) is 1. The highest BCUT2D eigenvalue weighted by atomic mass is 35.5. The Labute approximate surface area is 152 Å². The molecule has 0 unspecified atom stereocenters. The third kappa shape index (κ3) is 3.86. The molecular formula is C17H13ClN2O6. The van der Waals surface area contributed by atoms with Gasteiger partial charge in [-0.2, -0.15) is 0 Å². The van der Waals surface area contributed by atoms with Crippen LogP contribution in [0.25, 0.3) is 0 Å². The molecule has 0 atom stereocenters.